The third kappa shape index (κ3) is 4.62. The minimum atomic E-state index is -1.20. The van der Waals surface area contributed by atoms with Crippen LogP contribution in [0, 0.1) is 0 Å². The fourth-order valence-corrected chi connectivity index (χ4v) is 0. The molecule has 0 atom stereocenters. The van der Waals surface area contributed by atoms with Crippen molar-refractivity contribution in [2.45, 2.75) is 0 Å². The predicted molar refractivity (Wildman–Crippen MR) is 30.1 cm³/mol. The normalized spacial score (nSPS) is 11.4. The summed E-state index contributed by atoms with van der Waals surface area (Å²) in [6.07, 6.45) is 0. The van der Waals surface area contributed by atoms with Crippen LogP contribution in [0.3, 0.4) is 0 Å². The van der Waals surface area contributed by atoms with Crippen LogP contribution in [0.1, 0.15) is 0 Å². The zero-order valence-electron chi connectivity index (χ0n) is 3.26. The van der Waals surface area contributed by atoms with Crippen molar-refractivity contribution < 1.29 is 4.48 Å². The van der Waals surface area contributed by atoms with Gasteiger partial charge in [-0.2, -0.15) is 0 Å². The number of hydrogen-bond donors (Lipinski definition) is 1. The second kappa shape index (κ2) is 2.84. The molecule has 0 aliphatic rings. The Morgan fingerprint density at radius 1 is 1.60 bits per heavy atom. The first-order chi connectivity index (χ1) is 2.27. The summed E-state index contributed by atoms with van der Waals surface area (Å²) in [7, 11) is 0. The van der Waals surface area contributed by atoms with E-state index in [2.05, 4.69) is 0 Å². The van der Waals surface area contributed by atoms with Crippen LogP contribution in [0.2, 0.25) is 0 Å². The Morgan fingerprint density at radius 3 is 1.80 bits per heavy atom. The van der Waals surface area contributed by atoms with Crippen LogP contribution in [0.5, 0.6) is 0 Å². The molecule has 5 heavy (non-hydrogen) atoms. The molecular weight excluding hydrogens is 184 g/mol. The molecule has 0 radical (unpaired) electrons. The Hall–Kier alpha value is 0.620. The molecule has 0 bridgehead atoms. The Balaban J connectivity index is 2.54. The van der Waals surface area contributed by atoms with Crippen molar-refractivity contribution in [2.24, 2.45) is 0 Å². The number of hydrogen-bond acceptors (Lipinski definition) is 1. The van der Waals surface area contributed by atoms with E-state index in [1.54, 1.807) is 3.75 Å². The molecule has 0 unspecified atom stereocenters. The van der Waals surface area contributed by atoms with Crippen LogP contribution >= 0.6 is 20.1 Å². The molecule has 3 heteroatoms. The zero-order valence-corrected chi connectivity index (χ0v) is 5.41. The van der Waals surface area contributed by atoms with Crippen molar-refractivity contribution >= 4 is 20.1 Å². The number of halogens is 2. The Labute approximate surface area is 38.6 Å². The van der Waals surface area contributed by atoms with Gasteiger partial charge < -0.3 is 0 Å². The summed E-state index contributed by atoms with van der Waals surface area (Å²) in [6.45, 7) is 0. The number of nitrogens with one attached hydrogen (secondary N) is 1. The van der Waals surface area contributed by atoms with Gasteiger partial charge in [0.15, 0.2) is 0 Å². The number of alkyl halides is 2. The maximum atomic E-state index is 10.9. The van der Waals surface area contributed by atoms with Gasteiger partial charge in [-0.25, -0.2) is 0 Å². The molecule has 1 N–H and O–H groups in total. The fourth-order valence-electron chi connectivity index (χ4n) is 0. The topological polar surface area (TPSA) is 12.0 Å². The van der Waals surface area contributed by atoms with Crippen LogP contribution in [0.4, 0.5) is 4.48 Å². The van der Waals surface area contributed by atoms with E-state index in [1.165, 1.54) is 0 Å². The molecule has 0 heterocycles. The van der Waals surface area contributed by atoms with Crippen LogP contribution in [0.25, 0.3) is 0 Å². The molecule has 0 aromatic heterocycles. The van der Waals surface area contributed by atoms with Gasteiger partial charge in [0.2, 0.25) is 0 Å². The maximum absolute atomic E-state index is 10.9. The van der Waals surface area contributed by atoms with Gasteiger partial charge in [0, 0.05) is 0 Å². The summed E-state index contributed by atoms with van der Waals surface area (Å²) in [5.74, 6) is 0. The van der Waals surface area contributed by atoms with Crippen LogP contribution < -0.4 is 3.75 Å². The average molecular weight is 191 g/mol. The average Bonchev–Trinajstić information content (AvgIpc) is 1.38. The van der Waals surface area contributed by atoms with E-state index in [0.717, 1.165) is 0 Å². The van der Waals surface area contributed by atoms with Crippen LogP contribution in [-0.2, 0) is 0 Å². The first-order valence-electron chi connectivity index (χ1n) is 1.13. The molecule has 0 aliphatic heterocycles. The van der Waals surface area contributed by atoms with Gasteiger partial charge in [-0.15, -0.1) is 0 Å². The zero-order chi connectivity index (χ0) is 4.28. The molecule has 0 spiro atoms. The summed E-state index contributed by atoms with van der Waals surface area (Å²) in [6, 6.07) is 0. The predicted octanol–water partition coefficient (Wildman–Crippen LogP) is 1.14. The van der Waals surface area contributed by atoms with E-state index < -0.39 is 20.1 Å². The van der Waals surface area contributed by atoms with Gasteiger partial charge >= 0.3 is 38.2 Å². The van der Waals surface area contributed by atoms with E-state index in [1.807, 2.05) is 9.86 Å². The molecule has 0 amide bonds. The standard InChI is InChI=1S/C2H7FIN/c1-4(2)5-3/h5H,1-2H3. The van der Waals surface area contributed by atoms with Crippen LogP contribution in [0.15, 0.2) is 0 Å². The van der Waals surface area contributed by atoms with Gasteiger partial charge in [-0.3, -0.25) is 0 Å². The molecule has 34 valence electrons. The first kappa shape index (κ1) is 5.62. The molecule has 0 rings (SSSR count). The Bertz CT molecular complexity index is 23.6. The molecular formula is C2H7FIN. The molecule has 1 nitrogen and oxygen atoms in total. The van der Waals surface area contributed by atoms with E-state index in [4.69, 9.17) is 0 Å². The third-order valence-corrected chi connectivity index (χ3v) is 0.958. The Morgan fingerprint density at radius 2 is 1.80 bits per heavy atom. The monoisotopic (exact) mass is 191 g/mol. The molecule has 0 saturated heterocycles. The van der Waals surface area contributed by atoms with E-state index >= 15 is 0 Å². The van der Waals surface area contributed by atoms with Gasteiger partial charge in [0.1, 0.15) is 0 Å². The van der Waals surface area contributed by atoms with Crippen molar-refractivity contribution in [1.82, 2.24) is 3.75 Å². The minimum absolute atomic E-state index is 1.20. The molecule has 0 aromatic carbocycles. The summed E-state index contributed by atoms with van der Waals surface area (Å²) < 4.78 is 12.6. The fraction of sp³-hybridized carbons (Fsp3) is 1.00. The van der Waals surface area contributed by atoms with E-state index in [0.29, 0.717) is 0 Å². The molecule has 0 fully saturated rings. The SMILES string of the molecule is CI(C)NF. The summed E-state index contributed by atoms with van der Waals surface area (Å²) in [5, 5.41) is 0. The number of rotatable bonds is 1. The van der Waals surface area contributed by atoms with Crippen molar-refractivity contribution in [1.29, 1.82) is 0 Å². The quantitative estimate of drug-likeness (QED) is 0.372. The molecule has 0 aromatic rings. The van der Waals surface area contributed by atoms with Gasteiger partial charge in [0.25, 0.3) is 0 Å². The van der Waals surface area contributed by atoms with Gasteiger partial charge in [-0.05, 0) is 0 Å². The molecule has 0 aliphatic carbocycles. The summed E-state index contributed by atoms with van der Waals surface area (Å²) in [4.78, 5) is 3.79. The van der Waals surface area contributed by atoms with E-state index in [-0.39, 0.29) is 0 Å². The Kier molecular flexibility index (Phi) is 3.19. The van der Waals surface area contributed by atoms with Crippen LogP contribution in [-0.4, -0.2) is 9.86 Å². The summed E-state index contributed by atoms with van der Waals surface area (Å²) >= 11 is -1.20. The third-order valence-electron chi connectivity index (χ3n) is 0.143. The second-order valence-corrected chi connectivity index (χ2v) is 5.55. The summed E-state index contributed by atoms with van der Waals surface area (Å²) in [5.41, 5.74) is 0. The van der Waals surface area contributed by atoms with Gasteiger partial charge in [-0.1, -0.05) is 0 Å². The van der Waals surface area contributed by atoms with Crippen molar-refractivity contribution in [3.05, 3.63) is 0 Å². The van der Waals surface area contributed by atoms with Gasteiger partial charge in [0.05, 0.1) is 0 Å². The second-order valence-electron chi connectivity index (χ2n) is 0.827. The first-order valence-corrected chi connectivity index (χ1v) is 6.53. The van der Waals surface area contributed by atoms with Crippen molar-refractivity contribution in [3.8, 4) is 0 Å². The van der Waals surface area contributed by atoms with Crippen molar-refractivity contribution in [2.75, 3.05) is 9.86 Å². The van der Waals surface area contributed by atoms with Crippen molar-refractivity contribution in [3.63, 3.8) is 0 Å². The van der Waals surface area contributed by atoms with E-state index in [9.17, 15) is 4.48 Å². The molecule has 0 saturated carbocycles.